The molecule has 0 radical (unpaired) electrons. The van der Waals surface area contributed by atoms with Crippen molar-refractivity contribution in [1.29, 1.82) is 0 Å². The topological polar surface area (TPSA) is 68.2 Å². The summed E-state index contributed by atoms with van der Waals surface area (Å²) in [6, 6.07) is 11.2. The predicted molar refractivity (Wildman–Crippen MR) is 121 cm³/mol. The number of hydrogen-bond donors (Lipinski definition) is 2. The molecule has 0 unspecified atom stereocenters. The first kappa shape index (κ1) is 25.1. The number of halogens is 3. The van der Waals surface area contributed by atoms with E-state index in [1.807, 2.05) is 24.3 Å². The van der Waals surface area contributed by atoms with Crippen molar-refractivity contribution in [3.8, 4) is 11.5 Å². The van der Waals surface area contributed by atoms with Gasteiger partial charge in [-0.25, -0.2) is 0 Å². The zero-order valence-corrected chi connectivity index (χ0v) is 19.5. The lowest BCUT2D eigenvalue weighted by molar-refractivity contribution is 0.0325. The van der Waals surface area contributed by atoms with Crippen molar-refractivity contribution < 1.29 is 24.4 Å². The standard InChI is InChI=1S/C22H27Cl3O5/c1-22(2,14-4-6-18(7-5-14)29-13-17(27)11-28-3)15-8-19(24)21(20(25)9-15)30-12-16(26)10-23/h4-9,16-17,26-27H,10-13H2,1-3H3/t16-,17+/m1/s1. The van der Waals surface area contributed by atoms with Crippen LogP contribution in [-0.2, 0) is 10.2 Å². The minimum absolute atomic E-state index is 0.00617. The maximum Gasteiger partial charge on any atom is 0.156 e. The fraction of sp³-hybridized carbons (Fsp3) is 0.455. The highest BCUT2D eigenvalue weighted by Crippen LogP contribution is 2.40. The molecule has 30 heavy (non-hydrogen) atoms. The molecule has 8 heteroatoms. The SMILES string of the molecule is COC[C@H](O)COc1ccc(C(C)(C)c2cc(Cl)c(OC[C@H](O)CCl)c(Cl)c2)cc1. The molecule has 0 saturated heterocycles. The van der Waals surface area contributed by atoms with Gasteiger partial charge in [-0.1, -0.05) is 49.2 Å². The Bertz CT molecular complexity index is 788. The molecule has 0 spiro atoms. The average Bonchev–Trinajstić information content (AvgIpc) is 2.71. The van der Waals surface area contributed by atoms with Crippen molar-refractivity contribution in [2.45, 2.75) is 31.5 Å². The molecule has 0 heterocycles. The Morgan fingerprint density at radius 2 is 1.43 bits per heavy atom. The minimum Gasteiger partial charge on any atom is -0.491 e. The summed E-state index contributed by atoms with van der Waals surface area (Å²) in [6.07, 6.45) is -1.48. The molecular weight excluding hydrogens is 451 g/mol. The normalized spacial score (nSPS) is 13.7. The summed E-state index contributed by atoms with van der Waals surface area (Å²) in [4.78, 5) is 0. The molecule has 2 rings (SSSR count). The molecule has 2 aromatic carbocycles. The van der Waals surface area contributed by atoms with E-state index in [9.17, 15) is 10.2 Å². The summed E-state index contributed by atoms with van der Waals surface area (Å²) in [5.41, 5.74) is 1.55. The third-order valence-corrected chi connectivity index (χ3v) is 5.61. The lowest BCUT2D eigenvalue weighted by Gasteiger charge is -2.27. The maximum absolute atomic E-state index is 9.69. The van der Waals surface area contributed by atoms with Gasteiger partial charge in [0.1, 0.15) is 31.2 Å². The number of hydrogen-bond acceptors (Lipinski definition) is 5. The van der Waals surface area contributed by atoms with E-state index < -0.39 is 17.6 Å². The monoisotopic (exact) mass is 476 g/mol. The van der Waals surface area contributed by atoms with Gasteiger partial charge < -0.3 is 24.4 Å². The number of ether oxygens (including phenoxy) is 3. The summed E-state index contributed by atoms with van der Waals surface area (Å²) in [5, 5.41) is 20.0. The number of aliphatic hydroxyl groups excluding tert-OH is 2. The number of alkyl halides is 1. The Hall–Kier alpha value is -1.21. The molecule has 0 aliphatic heterocycles. The van der Waals surface area contributed by atoms with Gasteiger partial charge in [-0.3, -0.25) is 0 Å². The van der Waals surface area contributed by atoms with Crippen molar-refractivity contribution in [3.05, 3.63) is 57.6 Å². The lowest BCUT2D eigenvalue weighted by atomic mass is 9.78. The van der Waals surface area contributed by atoms with E-state index in [2.05, 4.69) is 13.8 Å². The molecule has 166 valence electrons. The van der Waals surface area contributed by atoms with Gasteiger partial charge in [-0.05, 0) is 35.4 Å². The largest absolute Gasteiger partial charge is 0.491 e. The van der Waals surface area contributed by atoms with E-state index in [-0.39, 0.29) is 25.7 Å². The molecule has 0 bridgehead atoms. The first-order valence-corrected chi connectivity index (χ1v) is 10.7. The minimum atomic E-state index is -0.800. The van der Waals surface area contributed by atoms with E-state index in [4.69, 9.17) is 49.0 Å². The van der Waals surface area contributed by atoms with Crippen molar-refractivity contribution in [2.24, 2.45) is 0 Å². The Morgan fingerprint density at radius 3 is 1.97 bits per heavy atom. The average molecular weight is 478 g/mol. The molecule has 0 fully saturated rings. The Balaban J connectivity index is 2.16. The van der Waals surface area contributed by atoms with Gasteiger partial charge in [-0.2, -0.15) is 0 Å². The van der Waals surface area contributed by atoms with Crippen LogP contribution in [-0.4, -0.2) is 55.2 Å². The lowest BCUT2D eigenvalue weighted by Crippen LogP contribution is -2.23. The van der Waals surface area contributed by atoms with Crippen LogP contribution in [0.3, 0.4) is 0 Å². The van der Waals surface area contributed by atoms with Crippen LogP contribution < -0.4 is 9.47 Å². The Kier molecular flexibility index (Phi) is 9.54. The van der Waals surface area contributed by atoms with Crippen molar-refractivity contribution >= 4 is 34.8 Å². The van der Waals surface area contributed by atoms with Crippen LogP contribution in [0, 0.1) is 0 Å². The maximum atomic E-state index is 9.69. The molecule has 2 N–H and O–H groups in total. The van der Waals surface area contributed by atoms with Gasteiger partial charge in [0.15, 0.2) is 5.75 Å². The Labute approximate surface area is 192 Å². The van der Waals surface area contributed by atoms with Crippen LogP contribution >= 0.6 is 34.8 Å². The third-order valence-electron chi connectivity index (χ3n) is 4.70. The van der Waals surface area contributed by atoms with Crippen molar-refractivity contribution in [3.63, 3.8) is 0 Å². The zero-order valence-electron chi connectivity index (χ0n) is 17.2. The second kappa shape index (κ2) is 11.4. The molecular formula is C22H27Cl3O5. The second-order valence-corrected chi connectivity index (χ2v) is 8.58. The highest BCUT2D eigenvalue weighted by molar-refractivity contribution is 6.37. The van der Waals surface area contributed by atoms with Crippen LogP contribution in [0.15, 0.2) is 36.4 Å². The molecule has 0 saturated carbocycles. The molecule has 2 aromatic rings. The van der Waals surface area contributed by atoms with E-state index >= 15 is 0 Å². The van der Waals surface area contributed by atoms with Crippen LogP contribution in [0.5, 0.6) is 11.5 Å². The Morgan fingerprint density at radius 1 is 0.867 bits per heavy atom. The van der Waals surface area contributed by atoms with Crippen LogP contribution in [0.1, 0.15) is 25.0 Å². The first-order valence-electron chi connectivity index (χ1n) is 9.45. The van der Waals surface area contributed by atoms with Gasteiger partial charge in [0.25, 0.3) is 0 Å². The summed E-state index contributed by atoms with van der Waals surface area (Å²) < 4.78 is 16.0. The molecule has 2 atom stereocenters. The summed E-state index contributed by atoms with van der Waals surface area (Å²) in [5.74, 6) is 1.04. The summed E-state index contributed by atoms with van der Waals surface area (Å²) in [7, 11) is 1.53. The smallest absolute Gasteiger partial charge is 0.156 e. The second-order valence-electron chi connectivity index (χ2n) is 7.46. The number of aliphatic hydroxyl groups is 2. The van der Waals surface area contributed by atoms with Crippen LogP contribution in [0.25, 0.3) is 0 Å². The van der Waals surface area contributed by atoms with Gasteiger partial charge >= 0.3 is 0 Å². The molecule has 0 aliphatic rings. The van der Waals surface area contributed by atoms with E-state index in [0.29, 0.717) is 21.5 Å². The van der Waals surface area contributed by atoms with Gasteiger partial charge in [0.05, 0.1) is 22.5 Å². The summed E-state index contributed by atoms with van der Waals surface area (Å²) >= 11 is 18.4. The van der Waals surface area contributed by atoms with Gasteiger partial charge in [0.2, 0.25) is 0 Å². The van der Waals surface area contributed by atoms with Crippen molar-refractivity contribution in [2.75, 3.05) is 32.8 Å². The molecule has 0 aliphatic carbocycles. The highest BCUT2D eigenvalue weighted by Gasteiger charge is 2.26. The number of methoxy groups -OCH3 is 1. The third kappa shape index (κ3) is 6.64. The molecule has 5 nitrogen and oxygen atoms in total. The highest BCUT2D eigenvalue weighted by atomic mass is 35.5. The van der Waals surface area contributed by atoms with Crippen LogP contribution in [0.2, 0.25) is 10.0 Å². The number of benzene rings is 2. The molecule has 0 aromatic heterocycles. The summed E-state index contributed by atoms with van der Waals surface area (Å²) in [6.45, 7) is 4.50. The molecule has 0 amide bonds. The van der Waals surface area contributed by atoms with Crippen LogP contribution in [0.4, 0.5) is 0 Å². The number of rotatable bonds is 11. The van der Waals surface area contributed by atoms with E-state index in [1.54, 1.807) is 12.1 Å². The van der Waals surface area contributed by atoms with Gasteiger partial charge in [-0.15, -0.1) is 11.6 Å². The predicted octanol–water partition coefficient (Wildman–Crippen LogP) is 4.68. The first-order chi connectivity index (χ1) is 14.2. The van der Waals surface area contributed by atoms with E-state index in [1.165, 1.54) is 7.11 Å². The van der Waals surface area contributed by atoms with Gasteiger partial charge in [0, 0.05) is 12.5 Å². The fourth-order valence-electron chi connectivity index (χ4n) is 2.85. The van der Waals surface area contributed by atoms with E-state index in [0.717, 1.165) is 11.1 Å². The fourth-order valence-corrected chi connectivity index (χ4v) is 3.54. The zero-order chi connectivity index (χ0) is 22.3. The quantitative estimate of drug-likeness (QED) is 0.460. The van der Waals surface area contributed by atoms with Crippen molar-refractivity contribution in [1.82, 2.24) is 0 Å².